The summed E-state index contributed by atoms with van der Waals surface area (Å²) in [6, 6.07) is 4.39. The van der Waals surface area contributed by atoms with E-state index >= 15 is 0 Å². The molecule has 2 fully saturated rings. The quantitative estimate of drug-likeness (QED) is 0.821. The summed E-state index contributed by atoms with van der Waals surface area (Å²) in [5, 5.41) is 6.05. The zero-order chi connectivity index (χ0) is 16.1. The van der Waals surface area contributed by atoms with Crippen molar-refractivity contribution < 1.29 is 18.7 Å². The maximum atomic E-state index is 13.5. The Morgan fingerprint density at radius 3 is 2.96 bits per heavy atom. The molecule has 2 N–H and O–H groups in total. The average Bonchev–Trinajstić information content (AvgIpc) is 3.19. The first-order valence-corrected chi connectivity index (χ1v) is 8.28. The smallest absolute Gasteiger partial charge is 0.226 e. The third-order valence-corrected chi connectivity index (χ3v) is 4.26. The van der Waals surface area contributed by atoms with Gasteiger partial charge in [0.05, 0.1) is 11.8 Å². The third kappa shape index (κ3) is 5.33. The highest BCUT2D eigenvalue weighted by atomic mass is 35.5. The van der Waals surface area contributed by atoms with Gasteiger partial charge < -0.3 is 20.1 Å². The first-order chi connectivity index (χ1) is 11.2. The Bertz CT molecular complexity index is 547. The molecule has 0 saturated carbocycles. The van der Waals surface area contributed by atoms with Crippen LogP contribution >= 0.6 is 12.4 Å². The van der Waals surface area contributed by atoms with Crippen molar-refractivity contribution in [1.82, 2.24) is 5.32 Å². The van der Waals surface area contributed by atoms with E-state index in [-0.39, 0.29) is 30.5 Å². The minimum absolute atomic E-state index is 0. The van der Waals surface area contributed by atoms with Crippen LogP contribution in [0, 0.1) is 5.82 Å². The van der Waals surface area contributed by atoms with Crippen molar-refractivity contribution in [3.05, 3.63) is 24.0 Å². The zero-order valence-electron chi connectivity index (χ0n) is 13.6. The molecular weight excluding hydrogens is 335 g/mol. The van der Waals surface area contributed by atoms with Crippen LogP contribution in [-0.2, 0) is 9.53 Å². The minimum atomic E-state index is -0.399. The molecular formula is C17H24ClFN2O3. The van der Waals surface area contributed by atoms with Gasteiger partial charge in [-0.3, -0.25) is 4.79 Å². The van der Waals surface area contributed by atoms with Gasteiger partial charge in [0.2, 0.25) is 5.91 Å². The second-order valence-corrected chi connectivity index (χ2v) is 6.13. The number of nitrogens with one attached hydrogen (secondary N) is 2. The lowest BCUT2D eigenvalue weighted by Crippen LogP contribution is -2.27. The van der Waals surface area contributed by atoms with Gasteiger partial charge >= 0.3 is 0 Å². The minimum Gasteiger partial charge on any atom is -0.489 e. The zero-order valence-corrected chi connectivity index (χ0v) is 14.4. The number of carbonyl (C=O) groups is 1. The maximum absolute atomic E-state index is 13.5. The number of hydrogen-bond acceptors (Lipinski definition) is 4. The van der Waals surface area contributed by atoms with Crippen LogP contribution < -0.4 is 15.4 Å². The van der Waals surface area contributed by atoms with Crippen molar-refractivity contribution in [3.8, 4) is 5.75 Å². The van der Waals surface area contributed by atoms with Crippen LogP contribution in [0.3, 0.4) is 0 Å². The van der Waals surface area contributed by atoms with Crippen LogP contribution in [0.4, 0.5) is 10.1 Å². The molecule has 1 amide bonds. The van der Waals surface area contributed by atoms with Crippen LogP contribution in [-0.4, -0.2) is 37.8 Å². The molecule has 0 bridgehead atoms. The first-order valence-electron chi connectivity index (χ1n) is 8.28. The molecule has 2 heterocycles. The lowest BCUT2D eigenvalue weighted by Gasteiger charge is -2.16. The fourth-order valence-corrected chi connectivity index (χ4v) is 3.04. The normalized spacial score (nSPS) is 22.9. The Morgan fingerprint density at radius 1 is 1.38 bits per heavy atom. The summed E-state index contributed by atoms with van der Waals surface area (Å²) in [6.45, 7) is 2.13. The number of ether oxygens (including phenoxy) is 2. The summed E-state index contributed by atoms with van der Waals surface area (Å²) in [5.41, 5.74) is 0.381. The summed E-state index contributed by atoms with van der Waals surface area (Å²) in [7, 11) is 0. The molecule has 24 heavy (non-hydrogen) atoms. The molecule has 1 aromatic carbocycles. The molecule has 0 aliphatic carbocycles. The third-order valence-electron chi connectivity index (χ3n) is 4.26. The molecule has 5 nitrogen and oxygen atoms in total. The fraction of sp³-hybridized carbons (Fsp3) is 0.588. The molecule has 0 radical (unpaired) electrons. The first kappa shape index (κ1) is 19.0. The molecule has 2 unspecified atom stereocenters. The van der Waals surface area contributed by atoms with Crippen LogP contribution in [0.25, 0.3) is 0 Å². The Hall–Kier alpha value is -1.37. The Kier molecular flexibility index (Phi) is 7.27. The fourth-order valence-electron chi connectivity index (χ4n) is 3.04. The van der Waals surface area contributed by atoms with Gasteiger partial charge in [-0.2, -0.15) is 0 Å². The summed E-state index contributed by atoms with van der Waals surface area (Å²) in [6.07, 6.45) is 4.56. The van der Waals surface area contributed by atoms with Crippen molar-refractivity contribution in [3.63, 3.8) is 0 Å². The lowest BCUT2D eigenvalue weighted by atomic mass is 10.1. The number of carbonyl (C=O) groups excluding carboxylic acids is 1. The van der Waals surface area contributed by atoms with Crippen molar-refractivity contribution in [1.29, 1.82) is 0 Å². The van der Waals surface area contributed by atoms with E-state index in [1.165, 1.54) is 12.1 Å². The van der Waals surface area contributed by atoms with E-state index in [1.807, 2.05) is 0 Å². The van der Waals surface area contributed by atoms with Crippen LogP contribution in [0.15, 0.2) is 18.2 Å². The number of rotatable bonds is 6. The van der Waals surface area contributed by atoms with Crippen molar-refractivity contribution >= 4 is 24.0 Å². The van der Waals surface area contributed by atoms with Crippen molar-refractivity contribution in [2.24, 2.45) is 0 Å². The number of hydrogen-bond donors (Lipinski definition) is 2. The highest BCUT2D eigenvalue weighted by Gasteiger charge is 2.20. The van der Waals surface area contributed by atoms with E-state index in [0.29, 0.717) is 24.5 Å². The lowest BCUT2D eigenvalue weighted by molar-refractivity contribution is -0.116. The van der Waals surface area contributed by atoms with E-state index in [9.17, 15) is 9.18 Å². The molecule has 7 heteroatoms. The molecule has 2 aliphatic rings. The molecule has 2 atom stereocenters. The van der Waals surface area contributed by atoms with E-state index in [2.05, 4.69) is 10.6 Å². The molecule has 134 valence electrons. The molecule has 0 spiro atoms. The standard InChI is InChI=1S/C17H23FN2O3.ClH/c18-12-5-6-16(23-11-14-4-2-8-22-14)15(9-12)20-17(21)10-13-3-1-7-19-13;/h5-6,9,13-14,19H,1-4,7-8,10-11H2,(H,20,21);1H. The summed E-state index contributed by atoms with van der Waals surface area (Å²) < 4.78 is 24.7. The number of halogens is 2. The molecule has 2 saturated heterocycles. The van der Waals surface area contributed by atoms with E-state index < -0.39 is 5.82 Å². The van der Waals surface area contributed by atoms with Gasteiger partial charge in [-0.25, -0.2) is 4.39 Å². The summed E-state index contributed by atoms with van der Waals surface area (Å²) in [5.74, 6) is -0.0460. The number of anilines is 1. The predicted molar refractivity (Wildman–Crippen MR) is 92.4 cm³/mol. The molecule has 0 aromatic heterocycles. The topological polar surface area (TPSA) is 59.6 Å². The van der Waals surface area contributed by atoms with E-state index in [4.69, 9.17) is 9.47 Å². The molecule has 3 rings (SSSR count). The van der Waals surface area contributed by atoms with Gasteiger partial charge in [-0.15, -0.1) is 12.4 Å². The maximum Gasteiger partial charge on any atom is 0.226 e. The number of amides is 1. The molecule has 1 aromatic rings. The Labute approximate surface area is 147 Å². The number of benzene rings is 1. The largest absolute Gasteiger partial charge is 0.489 e. The van der Waals surface area contributed by atoms with E-state index in [0.717, 1.165) is 38.8 Å². The highest BCUT2D eigenvalue weighted by Crippen LogP contribution is 2.27. The van der Waals surface area contributed by atoms with E-state index in [1.54, 1.807) is 6.07 Å². The van der Waals surface area contributed by atoms with Crippen LogP contribution in [0.1, 0.15) is 32.1 Å². The monoisotopic (exact) mass is 358 g/mol. The summed E-state index contributed by atoms with van der Waals surface area (Å²) in [4.78, 5) is 12.1. The predicted octanol–water partition coefficient (Wildman–Crippen LogP) is 2.89. The van der Waals surface area contributed by atoms with Gasteiger partial charge in [0.1, 0.15) is 18.2 Å². The second kappa shape index (κ2) is 9.20. The second-order valence-electron chi connectivity index (χ2n) is 6.13. The van der Waals surface area contributed by atoms with Crippen LogP contribution in [0.5, 0.6) is 5.75 Å². The SMILES string of the molecule is Cl.O=C(CC1CCCN1)Nc1cc(F)ccc1OCC1CCCO1. The van der Waals surface area contributed by atoms with Crippen molar-refractivity contribution in [2.75, 3.05) is 25.1 Å². The Morgan fingerprint density at radius 2 is 2.25 bits per heavy atom. The van der Waals surface area contributed by atoms with Gasteiger partial charge in [0, 0.05) is 25.1 Å². The summed E-state index contributed by atoms with van der Waals surface area (Å²) >= 11 is 0. The Balaban J connectivity index is 0.00000208. The van der Waals surface area contributed by atoms with Crippen molar-refractivity contribution in [2.45, 2.75) is 44.2 Å². The molecule has 2 aliphatic heterocycles. The van der Waals surface area contributed by atoms with Crippen LogP contribution in [0.2, 0.25) is 0 Å². The van der Waals surface area contributed by atoms with Gasteiger partial charge in [0.15, 0.2) is 0 Å². The average molecular weight is 359 g/mol. The van der Waals surface area contributed by atoms with Gasteiger partial charge in [-0.1, -0.05) is 0 Å². The van der Waals surface area contributed by atoms with Gasteiger partial charge in [0.25, 0.3) is 0 Å². The van der Waals surface area contributed by atoms with Gasteiger partial charge in [-0.05, 0) is 44.4 Å². The highest BCUT2D eigenvalue weighted by molar-refractivity contribution is 5.92.